The number of phenolic OH excluding ortho intramolecular Hbond substituents is 1. The van der Waals surface area contributed by atoms with Gasteiger partial charge in [-0.3, -0.25) is 4.79 Å². The van der Waals surface area contributed by atoms with Crippen molar-refractivity contribution in [3.05, 3.63) is 35.9 Å². The summed E-state index contributed by atoms with van der Waals surface area (Å²) < 4.78 is 13.4. The van der Waals surface area contributed by atoms with Crippen LogP contribution in [0.2, 0.25) is 0 Å². The minimum absolute atomic E-state index is 0.137. The van der Waals surface area contributed by atoms with Crippen molar-refractivity contribution in [2.45, 2.75) is 48.8 Å². The number of hydrogen-bond acceptors (Lipinski definition) is 4. The van der Waals surface area contributed by atoms with Gasteiger partial charge in [-0.2, -0.15) is 0 Å². The third-order valence-electron chi connectivity index (χ3n) is 7.77. The van der Waals surface area contributed by atoms with Crippen LogP contribution in [0.1, 0.15) is 30.4 Å². The number of ketones is 1. The molecule has 1 saturated carbocycles. The number of piperidine rings is 1. The fourth-order valence-corrected chi connectivity index (χ4v) is 6.73. The molecule has 0 amide bonds. The van der Waals surface area contributed by atoms with Crippen LogP contribution < -0.4 is 4.74 Å². The van der Waals surface area contributed by atoms with Crippen LogP contribution in [0.25, 0.3) is 0 Å². The van der Waals surface area contributed by atoms with Gasteiger partial charge in [0.25, 0.3) is 0 Å². The van der Waals surface area contributed by atoms with E-state index in [0.717, 1.165) is 36.0 Å². The highest BCUT2D eigenvalue weighted by Gasteiger charge is 2.77. The van der Waals surface area contributed by atoms with Gasteiger partial charge >= 0.3 is 0 Å². The smallest absolute Gasteiger partial charge is 0.174 e. The van der Waals surface area contributed by atoms with E-state index in [0.29, 0.717) is 18.6 Å². The molecule has 3 unspecified atom stereocenters. The van der Waals surface area contributed by atoms with Crippen molar-refractivity contribution < 1.29 is 23.9 Å². The Balaban J connectivity index is 1.84. The van der Waals surface area contributed by atoms with E-state index in [2.05, 4.69) is 13.6 Å². The molecule has 5 rings (SSSR count). The molecule has 2 aliphatic carbocycles. The van der Waals surface area contributed by atoms with Crippen LogP contribution in [0.5, 0.6) is 11.5 Å². The van der Waals surface area contributed by atoms with E-state index in [-0.39, 0.29) is 17.6 Å². The van der Waals surface area contributed by atoms with E-state index in [1.54, 1.807) is 13.2 Å². The molecule has 0 aromatic heterocycles. The first kappa shape index (κ1) is 16.3. The number of rotatable bonds is 3. The SMILES string of the molecule is C=CC[N@+]1(C)CC[C@]23c4c5ccc(O)c4OC2C(=O)CCC3(OC)C1C5. The Morgan fingerprint density at radius 2 is 2.27 bits per heavy atom. The Labute approximate surface area is 153 Å². The maximum Gasteiger partial charge on any atom is 0.174 e. The second kappa shape index (κ2) is 4.90. The lowest BCUT2D eigenvalue weighted by atomic mass is 9.48. The fraction of sp³-hybridized carbons (Fsp3) is 0.571. The largest absolute Gasteiger partial charge is 0.504 e. The summed E-state index contributed by atoms with van der Waals surface area (Å²) in [5, 5.41) is 10.4. The summed E-state index contributed by atoms with van der Waals surface area (Å²) in [7, 11) is 4.07. The van der Waals surface area contributed by atoms with Crippen molar-refractivity contribution >= 4 is 5.78 Å². The highest BCUT2D eigenvalue weighted by Crippen LogP contribution is 2.66. The standard InChI is InChI=1S/C21H25NO4/c1-4-10-22(2)11-9-20-17-13-5-6-14(23)18(17)26-19(20)15(24)7-8-21(20,25-3)16(22)12-13/h4-6,16,19H,1,7-12H2,2-3H3/p+1/t16?,19?,20-,21?,22+/m0/s1. The van der Waals surface area contributed by atoms with Crippen molar-refractivity contribution in [2.75, 3.05) is 27.2 Å². The number of likely N-dealkylation sites (tertiary alicyclic amines) is 1. The Morgan fingerprint density at radius 1 is 1.46 bits per heavy atom. The Hall–Kier alpha value is -1.85. The number of hydrogen-bond donors (Lipinski definition) is 1. The zero-order valence-corrected chi connectivity index (χ0v) is 15.5. The summed E-state index contributed by atoms with van der Waals surface area (Å²) in [4.78, 5) is 12.9. The number of nitrogens with zero attached hydrogens (tertiary/aromatic N) is 1. The minimum atomic E-state index is -0.543. The lowest BCUT2D eigenvalue weighted by Gasteiger charge is -2.65. The summed E-state index contributed by atoms with van der Waals surface area (Å²) in [6.07, 6.45) is 4.32. The van der Waals surface area contributed by atoms with Crippen molar-refractivity contribution in [2.24, 2.45) is 0 Å². The second-order valence-electron chi connectivity index (χ2n) is 8.62. The van der Waals surface area contributed by atoms with Gasteiger partial charge in [-0.05, 0) is 24.1 Å². The summed E-state index contributed by atoms with van der Waals surface area (Å²) >= 11 is 0. The molecular weight excluding hydrogens is 330 g/mol. The quantitative estimate of drug-likeness (QED) is 0.666. The number of ether oxygens (including phenoxy) is 2. The van der Waals surface area contributed by atoms with Gasteiger partial charge in [0.05, 0.1) is 25.6 Å². The van der Waals surface area contributed by atoms with Gasteiger partial charge in [0, 0.05) is 31.9 Å². The fourth-order valence-electron chi connectivity index (χ4n) is 6.73. The van der Waals surface area contributed by atoms with E-state index in [1.807, 2.05) is 12.1 Å². The second-order valence-corrected chi connectivity index (χ2v) is 8.62. The third-order valence-corrected chi connectivity index (χ3v) is 7.77. The number of carbonyl (C=O) groups is 1. The Kier molecular flexibility index (Phi) is 3.08. The number of Topliss-reactive ketones (excluding diaryl/α,β-unsaturated/α-hetero) is 1. The van der Waals surface area contributed by atoms with Crippen molar-refractivity contribution in [3.63, 3.8) is 0 Å². The zero-order chi connectivity index (χ0) is 18.3. The molecule has 1 aromatic carbocycles. The monoisotopic (exact) mass is 356 g/mol. The molecule has 5 heteroatoms. The van der Waals surface area contributed by atoms with E-state index in [4.69, 9.17) is 9.47 Å². The molecule has 138 valence electrons. The van der Waals surface area contributed by atoms with E-state index in [9.17, 15) is 9.90 Å². The topological polar surface area (TPSA) is 55.8 Å². The van der Waals surface area contributed by atoms with Crippen LogP contribution in [0.3, 0.4) is 0 Å². The normalized spacial score (nSPS) is 42.2. The number of phenols is 1. The Bertz CT molecular complexity index is 836. The predicted molar refractivity (Wildman–Crippen MR) is 96.4 cm³/mol. The number of methoxy groups -OCH3 is 1. The first-order valence-corrected chi connectivity index (χ1v) is 9.48. The number of aromatic hydroxyl groups is 1. The van der Waals surface area contributed by atoms with Crippen LogP contribution in [0, 0.1) is 0 Å². The molecule has 2 bridgehead atoms. The summed E-state index contributed by atoms with van der Waals surface area (Å²) in [5.74, 6) is 0.792. The van der Waals surface area contributed by atoms with Crippen molar-refractivity contribution in [1.82, 2.24) is 0 Å². The predicted octanol–water partition coefficient (Wildman–Crippen LogP) is 2.10. The van der Waals surface area contributed by atoms with Crippen LogP contribution in [0.4, 0.5) is 0 Å². The molecule has 2 fully saturated rings. The molecule has 5 nitrogen and oxygen atoms in total. The molecule has 2 aliphatic heterocycles. The van der Waals surface area contributed by atoms with Crippen molar-refractivity contribution in [3.8, 4) is 11.5 Å². The average Bonchev–Trinajstić information content (AvgIpc) is 2.99. The lowest BCUT2D eigenvalue weighted by Crippen LogP contribution is -2.81. The number of quaternary nitrogens is 1. The summed E-state index contributed by atoms with van der Waals surface area (Å²) in [6, 6.07) is 3.96. The number of benzene rings is 1. The summed E-state index contributed by atoms with van der Waals surface area (Å²) in [6.45, 7) is 5.81. The first-order valence-electron chi connectivity index (χ1n) is 9.48. The molecule has 4 aliphatic rings. The van der Waals surface area contributed by atoms with Gasteiger partial charge in [-0.25, -0.2) is 0 Å². The Morgan fingerprint density at radius 3 is 3.00 bits per heavy atom. The van der Waals surface area contributed by atoms with Gasteiger partial charge in [0.15, 0.2) is 23.4 Å². The van der Waals surface area contributed by atoms with Gasteiger partial charge in [0.1, 0.15) is 11.6 Å². The first-order chi connectivity index (χ1) is 12.4. The zero-order valence-electron chi connectivity index (χ0n) is 15.5. The average molecular weight is 356 g/mol. The van der Waals surface area contributed by atoms with E-state index < -0.39 is 17.1 Å². The van der Waals surface area contributed by atoms with Gasteiger partial charge in [0.2, 0.25) is 0 Å². The van der Waals surface area contributed by atoms with E-state index >= 15 is 0 Å². The van der Waals surface area contributed by atoms with Gasteiger partial charge in [-0.1, -0.05) is 12.6 Å². The van der Waals surface area contributed by atoms with Crippen LogP contribution in [-0.4, -0.2) is 60.4 Å². The maximum atomic E-state index is 12.9. The van der Waals surface area contributed by atoms with Crippen molar-refractivity contribution in [1.29, 1.82) is 0 Å². The lowest BCUT2D eigenvalue weighted by molar-refractivity contribution is -0.944. The molecule has 1 N–H and O–H groups in total. The highest BCUT2D eigenvalue weighted by molar-refractivity contribution is 5.90. The minimum Gasteiger partial charge on any atom is -0.504 e. The van der Waals surface area contributed by atoms with Gasteiger partial charge in [-0.15, -0.1) is 0 Å². The number of carbonyl (C=O) groups excluding carboxylic acids is 1. The molecule has 0 radical (unpaired) electrons. The van der Waals surface area contributed by atoms with Gasteiger partial charge < -0.3 is 19.1 Å². The molecule has 26 heavy (non-hydrogen) atoms. The molecule has 5 atom stereocenters. The molecule has 1 saturated heterocycles. The van der Waals surface area contributed by atoms with Crippen LogP contribution in [0.15, 0.2) is 24.8 Å². The third kappa shape index (κ3) is 1.54. The van der Waals surface area contributed by atoms with E-state index in [1.165, 1.54) is 5.56 Å². The van der Waals surface area contributed by atoms with Crippen LogP contribution >= 0.6 is 0 Å². The number of likely N-dealkylation sites (N-methyl/N-ethyl adjacent to an activating group) is 1. The maximum absolute atomic E-state index is 12.9. The molecule has 1 aromatic rings. The highest BCUT2D eigenvalue weighted by atomic mass is 16.5. The molecule has 2 heterocycles. The van der Waals surface area contributed by atoms with Crippen LogP contribution in [-0.2, 0) is 21.4 Å². The summed E-state index contributed by atoms with van der Waals surface area (Å²) in [5.41, 5.74) is 1.30. The molecular formula is C21H26NO4+. The molecule has 1 spiro atoms.